The SMILES string of the molecule is Cc1ccc(C[Se+](C)C)cc1. The molecule has 0 saturated heterocycles. The summed E-state index contributed by atoms with van der Waals surface area (Å²) in [7, 11) is 0. The van der Waals surface area contributed by atoms with E-state index in [9.17, 15) is 0 Å². The third kappa shape index (κ3) is 3.09. The third-order valence-electron chi connectivity index (χ3n) is 1.58. The zero-order valence-corrected chi connectivity index (χ0v) is 9.14. The minimum atomic E-state index is -0.295. The minimum absolute atomic E-state index is 0.295. The van der Waals surface area contributed by atoms with Gasteiger partial charge in [0.2, 0.25) is 0 Å². The molecule has 0 aliphatic carbocycles. The van der Waals surface area contributed by atoms with E-state index < -0.39 is 0 Å². The second-order valence-electron chi connectivity index (χ2n) is 3.12. The molecular weight excluding hydrogens is 199 g/mol. The van der Waals surface area contributed by atoms with Crippen LogP contribution in [0.5, 0.6) is 0 Å². The number of benzene rings is 1. The Bertz CT molecular complexity index is 211. The molecule has 0 aliphatic heterocycles. The molecule has 60 valence electrons. The van der Waals surface area contributed by atoms with Crippen LogP contribution >= 0.6 is 0 Å². The molecule has 0 spiro atoms. The molecule has 0 N–H and O–H groups in total. The summed E-state index contributed by atoms with van der Waals surface area (Å²) in [6.07, 6.45) is 0. The number of hydrogen-bond donors (Lipinski definition) is 0. The Morgan fingerprint density at radius 3 is 2.09 bits per heavy atom. The van der Waals surface area contributed by atoms with Gasteiger partial charge in [-0.1, -0.05) is 0 Å². The summed E-state index contributed by atoms with van der Waals surface area (Å²) in [6, 6.07) is 8.89. The molecule has 1 heteroatoms. The fraction of sp³-hybridized carbons (Fsp3) is 0.400. The number of hydrogen-bond acceptors (Lipinski definition) is 0. The van der Waals surface area contributed by atoms with Gasteiger partial charge in [-0.15, -0.1) is 0 Å². The summed E-state index contributed by atoms with van der Waals surface area (Å²) < 4.78 is 0. The normalized spacial score (nSPS) is 10.5. The molecule has 0 unspecified atom stereocenters. The van der Waals surface area contributed by atoms with Gasteiger partial charge in [-0.25, -0.2) is 0 Å². The van der Waals surface area contributed by atoms with Crippen LogP contribution in [0, 0.1) is 6.92 Å². The fourth-order valence-corrected chi connectivity index (χ4v) is 2.82. The first-order valence-corrected chi connectivity index (χ1v) is 8.42. The van der Waals surface area contributed by atoms with E-state index in [1.165, 1.54) is 16.4 Å². The van der Waals surface area contributed by atoms with E-state index in [0.29, 0.717) is 0 Å². The van der Waals surface area contributed by atoms with Crippen molar-refractivity contribution in [3.63, 3.8) is 0 Å². The Labute approximate surface area is 73.5 Å². The maximum absolute atomic E-state index is 2.37. The molecule has 0 aliphatic rings. The van der Waals surface area contributed by atoms with E-state index in [1.54, 1.807) is 0 Å². The zero-order valence-electron chi connectivity index (χ0n) is 7.42. The van der Waals surface area contributed by atoms with Gasteiger partial charge in [0.15, 0.2) is 0 Å². The monoisotopic (exact) mass is 215 g/mol. The van der Waals surface area contributed by atoms with Crippen LogP contribution < -0.4 is 0 Å². The molecule has 1 aromatic rings. The topological polar surface area (TPSA) is 0 Å². The Hall–Kier alpha value is -0.261. The zero-order chi connectivity index (χ0) is 8.27. The quantitative estimate of drug-likeness (QED) is 0.664. The van der Waals surface area contributed by atoms with Crippen molar-refractivity contribution in [1.82, 2.24) is 0 Å². The Morgan fingerprint density at radius 1 is 1.09 bits per heavy atom. The van der Waals surface area contributed by atoms with Crippen LogP contribution in [0.1, 0.15) is 11.1 Å². The number of aryl methyl sites for hydroxylation is 1. The first-order valence-electron chi connectivity index (χ1n) is 3.78. The van der Waals surface area contributed by atoms with Crippen molar-refractivity contribution in [2.75, 3.05) is 0 Å². The van der Waals surface area contributed by atoms with Crippen molar-refractivity contribution in [2.24, 2.45) is 0 Å². The Morgan fingerprint density at radius 2 is 1.64 bits per heavy atom. The van der Waals surface area contributed by atoms with Gasteiger partial charge < -0.3 is 0 Å². The Balaban J connectivity index is 2.66. The molecule has 0 atom stereocenters. The molecule has 0 heterocycles. The van der Waals surface area contributed by atoms with Crippen LogP contribution in [0.2, 0.25) is 11.6 Å². The summed E-state index contributed by atoms with van der Waals surface area (Å²) >= 11 is -0.295. The van der Waals surface area contributed by atoms with Crippen LogP contribution in [-0.4, -0.2) is 13.9 Å². The molecule has 0 aromatic heterocycles. The summed E-state index contributed by atoms with van der Waals surface area (Å²) in [5, 5.41) is 1.32. The van der Waals surface area contributed by atoms with Gasteiger partial charge in [-0.2, -0.15) is 0 Å². The maximum atomic E-state index is 2.37. The van der Waals surface area contributed by atoms with Gasteiger partial charge >= 0.3 is 73.2 Å². The van der Waals surface area contributed by atoms with Gasteiger partial charge in [-0.05, 0) is 0 Å². The van der Waals surface area contributed by atoms with Gasteiger partial charge in [0.05, 0.1) is 0 Å². The molecule has 0 fully saturated rings. The summed E-state index contributed by atoms with van der Waals surface area (Å²) in [6.45, 7) is 2.13. The van der Waals surface area contributed by atoms with Crippen molar-refractivity contribution >= 4 is 13.9 Å². The van der Waals surface area contributed by atoms with Crippen LogP contribution in [0.15, 0.2) is 24.3 Å². The standard InChI is InChI=1S/C10H15Se/c1-9-4-6-10(7-5-9)8-11(2)3/h4-7H,8H2,1-3H3/q+1. The van der Waals surface area contributed by atoms with Gasteiger partial charge in [0, 0.05) is 0 Å². The summed E-state index contributed by atoms with van der Waals surface area (Å²) in [5.41, 5.74) is 2.86. The first-order chi connectivity index (χ1) is 5.18. The molecule has 1 rings (SSSR count). The van der Waals surface area contributed by atoms with Gasteiger partial charge in [-0.3, -0.25) is 0 Å². The van der Waals surface area contributed by atoms with E-state index in [0.717, 1.165) is 0 Å². The van der Waals surface area contributed by atoms with Crippen molar-refractivity contribution < 1.29 is 0 Å². The molecule has 0 radical (unpaired) electrons. The predicted octanol–water partition coefficient (Wildman–Crippen LogP) is 2.83. The molecule has 0 amide bonds. The second-order valence-corrected chi connectivity index (χ2v) is 7.86. The predicted molar refractivity (Wildman–Crippen MR) is 52.4 cm³/mol. The molecule has 11 heavy (non-hydrogen) atoms. The molecular formula is C10H15Se+. The van der Waals surface area contributed by atoms with Crippen molar-refractivity contribution in [3.8, 4) is 0 Å². The molecule has 1 aromatic carbocycles. The third-order valence-corrected chi connectivity index (χ3v) is 3.49. The van der Waals surface area contributed by atoms with Gasteiger partial charge in [0.25, 0.3) is 0 Å². The average Bonchev–Trinajstić information content (AvgIpc) is 1.93. The van der Waals surface area contributed by atoms with E-state index in [-0.39, 0.29) is 13.9 Å². The molecule has 0 saturated carbocycles. The van der Waals surface area contributed by atoms with Crippen LogP contribution in [0.25, 0.3) is 0 Å². The van der Waals surface area contributed by atoms with E-state index in [1.807, 2.05) is 0 Å². The fourth-order valence-electron chi connectivity index (χ4n) is 1.02. The summed E-state index contributed by atoms with van der Waals surface area (Å²) in [4.78, 5) is 0. The van der Waals surface area contributed by atoms with E-state index >= 15 is 0 Å². The van der Waals surface area contributed by atoms with E-state index in [4.69, 9.17) is 0 Å². The van der Waals surface area contributed by atoms with Gasteiger partial charge in [0.1, 0.15) is 0 Å². The molecule has 0 nitrogen and oxygen atoms in total. The van der Waals surface area contributed by atoms with E-state index in [2.05, 4.69) is 42.8 Å². The second kappa shape index (κ2) is 3.94. The Kier molecular flexibility index (Phi) is 3.16. The van der Waals surface area contributed by atoms with Crippen molar-refractivity contribution in [3.05, 3.63) is 35.4 Å². The average molecular weight is 214 g/mol. The van der Waals surface area contributed by atoms with Crippen LogP contribution in [-0.2, 0) is 5.32 Å². The van der Waals surface area contributed by atoms with Crippen molar-refractivity contribution in [2.45, 2.75) is 23.9 Å². The summed E-state index contributed by atoms with van der Waals surface area (Å²) in [5.74, 6) is 4.75. The molecule has 0 bridgehead atoms. The van der Waals surface area contributed by atoms with Crippen LogP contribution in [0.4, 0.5) is 0 Å². The first kappa shape index (κ1) is 8.83. The van der Waals surface area contributed by atoms with Crippen molar-refractivity contribution in [1.29, 1.82) is 0 Å². The number of rotatable bonds is 2. The van der Waals surface area contributed by atoms with Crippen LogP contribution in [0.3, 0.4) is 0 Å².